The van der Waals surface area contributed by atoms with Crippen LogP contribution in [0.5, 0.6) is 0 Å². The lowest BCUT2D eigenvalue weighted by Gasteiger charge is -2.57. The predicted octanol–water partition coefficient (Wildman–Crippen LogP) is 3.06. The van der Waals surface area contributed by atoms with Crippen molar-refractivity contribution in [2.24, 2.45) is 28.6 Å². The predicted molar refractivity (Wildman–Crippen MR) is 83.1 cm³/mol. The molecule has 1 N–H and O–H groups in total. The van der Waals surface area contributed by atoms with E-state index in [1.165, 1.54) is 5.57 Å². The third kappa shape index (κ3) is 1.72. The van der Waals surface area contributed by atoms with Crippen LogP contribution in [-0.4, -0.2) is 22.8 Å². The van der Waals surface area contributed by atoms with Crippen LogP contribution in [-0.2, 0) is 9.59 Å². The molecule has 0 aliphatic heterocycles. The second-order valence-corrected chi connectivity index (χ2v) is 8.59. The number of aliphatic hydroxyl groups is 1. The fourth-order valence-corrected chi connectivity index (χ4v) is 6.33. The van der Waals surface area contributed by atoms with Gasteiger partial charge >= 0.3 is 0 Å². The first kappa shape index (κ1) is 14.6. The maximum Gasteiger partial charge on any atom is 0.162 e. The topological polar surface area (TPSA) is 54.4 Å². The minimum absolute atomic E-state index is 0.0541. The zero-order chi connectivity index (χ0) is 15.7. The van der Waals surface area contributed by atoms with E-state index in [-0.39, 0.29) is 22.4 Å². The average molecular weight is 302 g/mol. The van der Waals surface area contributed by atoms with E-state index in [1.807, 2.05) is 6.08 Å². The van der Waals surface area contributed by atoms with Crippen LogP contribution in [0, 0.1) is 28.6 Å². The van der Waals surface area contributed by atoms with Crippen LogP contribution in [0.25, 0.3) is 0 Å². The number of Topliss-reactive ketones (excluding diaryl/α,β-unsaturated/α-hetero) is 1. The van der Waals surface area contributed by atoms with Crippen molar-refractivity contribution in [1.82, 2.24) is 0 Å². The normalized spacial score (nSPS) is 51.0. The van der Waals surface area contributed by atoms with Crippen LogP contribution < -0.4 is 0 Å². The summed E-state index contributed by atoms with van der Waals surface area (Å²) in [7, 11) is 0. The minimum Gasteiger partial charge on any atom is -0.385 e. The molecular weight excluding hydrogens is 276 g/mol. The molecule has 4 aliphatic carbocycles. The molecule has 0 saturated heterocycles. The molecule has 0 unspecified atom stereocenters. The number of aliphatic hydroxyl groups excluding tert-OH is 1. The second-order valence-electron chi connectivity index (χ2n) is 8.59. The van der Waals surface area contributed by atoms with Crippen LogP contribution in [0.15, 0.2) is 11.6 Å². The highest BCUT2D eigenvalue weighted by Crippen LogP contribution is 2.64. The Kier molecular flexibility index (Phi) is 3.01. The van der Waals surface area contributed by atoms with Crippen LogP contribution >= 0.6 is 0 Å². The Hall–Kier alpha value is -0.960. The summed E-state index contributed by atoms with van der Waals surface area (Å²) < 4.78 is 0. The molecule has 0 aromatic carbocycles. The Morgan fingerprint density at radius 3 is 2.64 bits per heavy atom. The molecule has 0 aromatic rings. The van der Waals surface area contributed by atoms with Gasteiger partial charge in [-0.1, -0.05) is 19.4 Å². The molecular formula is C19H26O3. The van der Waals surface area contributed by atoms with Gasteiger partial charge in [-0.3, -0.25) is 9.59 Å². The maximum absolute atomic E-state index is 12.1. The van der Waals surface area contributed by atoms with Gasteiger partial charge in [0.1, 0.15) is 6.10 Å². The third-order valence-electron chi connectivity index (χ3n) is 7.75. The molecule has 0 bridgehead atoms. The number of carbonyl (C=O) groups excluding carboxylic acids is 2. The first-order valence-electron chi connectivity index (χ1n) is 8.81. The summed E-state index contributed by atoms with van der Waals surface area (Å²) >= 11 is 0. The molecule has 22 heavy (non-hydrogen) atoms. The molecule has 4 rings (SSSR count). The molecule has 0 heterocycles. The molecule has 0 amide bonds. The van der Waals surface area contributed by atoms with Crippen molar-refractivity contribution < 1.29 is 14.7 Å². The Balaban J connectivity index is 1.70. The van der Waals surface area contributed by atoms with Gasteiger partial charge in [0.05, 0.1) is 0 Å². The molecule has 3 fully saturated rings. The zero-order valence-corrected chi connectivity index (χ0v) is 13.6. The van der Waals surface area contributed by atoms with Crippen molar-refractivity contribution in [3.63, 3.8) is 0 Å². The second kappa shape index (κ2) is 4.53. The highest BCUT2D eigenvalue weighted by Gasteiger charge is 2.61. The van der Waals surface area contributed by atoms with E-state index in [0.717, 1.165) is 32.1 Å². The SMILES string of the molecule is C[C@]12CC[C@@H]3[C@H](CCC4=CC(=O)CC[C@@]43C)[C@@H]1CC(=O)[C@H]2O. The summed E-state index contributed by atoms with van der Waals surface area (Å²) in [5, 5.41) is 10.4. The number of hydrogen-bond acceptors (Lipinski definition) is 3. The van der Waals surface area contributed by atoms with Crippen molar-refractivity contribution in [2.45, 2.75) is 64.9 Å². The molecule has 3 nitrogen and oxygen atoms in total. The highest BCUT2D eigenvalue weighted by molar-refractivity contribution is 5.91. The Morgan fingerprint density at radius 1 is 1.09 bits per heavy atom. The van der Waals surface area contributed by atoms with Crippen LogP contribution in [0.2, 0.25) is 0 Å². The first-order valence-corrected chi connectivity index (χ1v) is 8.81. The van der Waals surface area contributed by atoms with Crippen molar-refractivity contribution in [1.29, 1.82) is 0 Å². The average Bonchev–Trinajstić information content (AvgIpc) is 2.72. The lowest BCUT2D eigenvalue weighted by molar-refractivity contribution is -0.129. The zero-order valence-electron chi connectivity index (χ0n) is 13.6. The first-order chi connectivity index (χ1) is 10.4. The van der Waals surface area contributed by atoms with E-state index in [0.29, 0.717) is 30.6 Å². The lowest BCUT2D eigenvalue weighted by atomic mass is 9.47. The lowest BCUT2D eigenvalue weighted by Crippen LogP contribution is -2.51. The number of fused-ring (bicyclic) bond motifs is 5. The largest absolute Gasteiger partial charge is 0.385 e. The van der Waals surface area contributed by atoms with Crippen molar-refractivity contribution in [2.75, 3.05) is 0 Å². The molecule has 0 radical (unpaired) electrons. The standard InChI is InChI=1S/C19H26O3/c1-18-7-5-12(20)9-11(18)3-4-13-14(18)6-8-19(2)15(13)10-16(21)17(19)22/h9,13-15,17,22H,3-8,10H2,1-2H3/t13-,14+,15-,17+,18-,19-/m0/s1. The molecule has 3 heteroatoms. The van der Waals surface area contributed by atoms with Crippen LogP contribution in [0.3, 0.4) is 0 Å². The summed E-state index contributed by atoms with van der Waals surface area (Å²) in [5.41, 5.74) is 1.30. The van der Waals surface area contributed by atoms with Crippen molar-refractivity contribution in [3.8, 4) is 0 Å². The van der Waals surface area contributed by atoms with Gasteiger partial charge in [-0.2, -0.15) is 0 Å². The molecule has 0 spiro atoms. The van der Waals surface area contributed by atoms with E-state index >= 15 is 0 Å². The van der Waals surface area contributed by atoms with Gasteiger partial charge in [-0.05, 0) is 61.3 Å². The van der Waals surface area contributed by atoms with E-state index in [4.69, 9.17) is 0 Å². The maximum atomic E-state index is 12.1. The Labute approximate surface area is 132 Å². The van der Waals surface area contributed by atoms with Crippen LogP contribution in [0.4, 0.5) is 0 Å². The smallest absolute Gasteiger partial charge is 0.162 e. The van der Waals surface area contributed by atoms with E-state index in [2.05, 4.69) is 13.8 Å². The minimum atomic E-state index is -0.754. The number of hydrogen-bond donors (Lipinski definition) is 1. The van der Waals surface area contributed by atoms with Crippen molar-refractivity contribution >= 4 is 11.6 Å². The van der Waals surface area contributed by atoms with Gasteiger partial charge in [0.15, 0.2) is 11.6 Å². The monoisotopic (exact) mass is 302 g/mol. The highest BCUT2D eigenvalue weighted by atomic mass is 16.3. The molecule has 0 aromatic heterocycles. The number of allylic oxidation sites excluding steroid dienone is 1. The van der Waals surface area contributed by atoms with E-state index < -0.39 is 6.10 Å². The van der Waals surface area contributed by atoms with Gasteiger partial charge in [0.25, 0.3) is 0 Å². The van der Waals surface area contributed by atoms with E-state index in [9.17, 15) is 14.7 Å². The number of carbonyl (C=O) groups is 2. The van der Waals surface area contributed by atoms with Crippen molar-refractivity contribution in [3.05, 3.63) is 11.6 Å². The summed E-state index contributed by atoms with van der Waals surface area (Å²) in [6.07, 6.45) is 7.49. The van der Waals surface area contributed by atoms with Crippen LogP contribution in [0.1, 0.15) is 58.8 Å². The Morgan fingerprint density at radius 2 is 1.86 bits per heavy atom. The fourth-order valence-electron chi connectivity index (χ4n) is 6.33. The molecule has 120 valence electrons. The molecule has 6 atom stereocenters. The third-order valence-corrected chi connectivity index (χ3v) is 7.75. The van der Waals surface area contributed by atoms with Gasteiger partial charge < -0.3 is 5.11 Å². The molecule has 3 saturated carbocycles. The van der Waals surface area contributed by atoms with E-state index in [1.54, 1.807) is 0 Å². The fraction of sp³-hybridized carbons (Fsp3) is 0.789. The summed E-state index contributed by atoms with van der Waals surface area (Å²) in [6, 6.07) is 0. The molecule has 4 aliphatic rings. The van der Waals surface area contributed by atoms with Gasteiger partial charge in [-0.15, -0.1) is 0 Å². The van der Waals surface area contributed by atoms with Gasteiger partial charge in [0, 0.05) is 18.3 Å². The summed E-state index contributed by atoms with van der Waals surface area (Å²) in [6.45, 7) is 4.47. The number of ketones is 2. The van der Waals surface area contributed by atoms with Gasteiger partial charge in [-0.25, -0.2) is 0 Å². The summed E-state index contributed by atoms with van der Waals surface area (Å²) in [4.78, 5) is 23.9. The number of rotatable bonds is 0. The quantitative estimate of drug-likeness (QED) is 0.748. The van der Waals surface area contributed by atoms with Gasteiger partial charge in [0.2, 0.25) is 0 Å². The summed E-state index contributed by atoms with van der Waals surface area (Å²) in [5.74, 6) is 1.80. The Bertz CT molecular complexity index is 577.